The van der Waals surface area contributed by atoms with Crippen molar-refractivity contribution in [2.24, 2.45) is 5.92 Å². The van der Waals surface area contributed by atoms with Crippen molar-refractivity contribution in [1.29, 1.82) is 5.26 Å². The zero-order chi connectivity index (χ0) is 13.4. The minimum atomic E-state index is 0.0114. The standard InChI is InChI=1S/C13H13ClN4O/c14-11-8(6-15)3-4-16-12(11)18-5-1-2-9-10(18)7-17-13(9)19/h3-4,9-10H,1-2,5,7H2,(H,17,19). The molecule has 0 spiro atoms. The van der Waals surface area contributed by atoms with Gasteiger partial charge in [0.15, 0.2) is 0 Å². The lowest BCUT2D eigenvalue weighted by molar-refractivity contribution is -0.122. The van der Waals surface area contributed by atoms with Gasteiger partial charge >= 0.3 is 0 Å². The molecule has 2 aliphatic heterocycles. The molecule has 1 amide bonds. The molecule has 1 aromatic rings. The highest BCUT2D eigenvalue weighted by molar-refractivity contribution is 6.34. The Bertz CT molecular complexity index is 568. The fourth-order valence-electron chi connectivity index (χ4n) is 2.93. The van der Waals surface area contributed by atoms with Gasteiger partial charge in [-0.15, -0.1) is 0 Å². The van der Waals surface area contributed by atoms with Gasteiger partial charge in [-0.2, -0.15) is 5.26 Å². The maximum atomic E-state index is 11.7. The fraction of sp³-hybridized carbons (Fsp3) is 0.462. The monoisotopic (exact) mass is 276 g/mol. The Labute approximate surface area is 116 Å². The van der Waals surface area contributed by atoms with E-state index in [0.717, 1.165) is 19.4 Å². The number of hydrogen-bond acceptors (Lipinski definition) is 4. The van der Waals surface area contributed by atoms with Crippen LogP contribution in [0.2, 0.25) is 5.02 Å². The van der Waals surface area contributed by atoms with Crippen molar-refractivity contribution in [3.8, 4) is 6.07 Å². The van der Waals surface area contributed by atoms with Crippen molar-refractivity contribution in [2.75, 3.05) is 18.0 Å². The van der Waals surface area contributed by atoms with Crippen LogP contribution in [0.3, 0.4) is 0 Å². The number of piperidine rings is 1. The number of nitrogens with zero attached hydrogens (tertiary/aromatic N) is 3. The number of carbonyl (C=O) groups is 1. The van der Waals surface area contributed by atoms with E-state index in [-0.39, 0.29) is 17.9 Å². The fourth-order valence-corrected chi connectivity index (χ4v) is 3.20. The molecule has 2 fully saturated rings. The largest absolute Gasteiger partial charge is 0.354 e. The number of anilines is 1. The molecule has 1 N–H and O–H groups in total. The number of amides is 1. The van der Waals surface area contributed by atoms with Crippen LogP contribution in [-0.4, -0.2) is 30.0 Å². The van der Waals surface area contributed by atoms with Crippen LogP contribution in [0, 0.1) is 17.2 Å². The minimum Gasteiger partial charge on any atom is -0.354 e. The Kier molecular flexibility index (Phi) is 3.03. The summed E-state index contributed by atoms with van der Waals surface area (Å²) in [7, 11) is 0. The quantitative estimate of drug-likeness (QED) is 0.840. The van der Waals surface area contributed by atoms with E-state index in [0.29, 0.717) is 22.9 Å². The first-order chi connectivity index (χ1) is 9.22. The highest BCUT2D eigenvalue weighted by Gasteiger charge is 2.41. The number of pyridine rings is 1. The summed E-state index contributed by atoms with van der Waals surface area (Å²) in [6.45, 7) is 1.44. The number of aromatic nitrogens is 1. The number of fused-ring (bicyclic) bond motifs is 1. The molecule has 0 saturated carbocycles. The van der Waals surface area contributed by atoms with Gasteiger partial charge in [0, 0.05) is 19.3 Å². The number of carbonyl (C=O) groups excluding carboxylic acids is 1. The molecule has 2 aliphatic rings. The van der Waals surface area contributed by atoms with Crippen molar-refractivity contribution in [1.82, 2.24) is 10.3 Å². The highest BCUT2D eigenvalue weighted by Crippen LogP contribution is 2.35. The van der Waals surface area contributed by atoms with Crippen LogP contribution in [0.1, 0.15) is 18.4 Å². The van der Waals surface area contributed by atoms with Gasteiger partial charge in [0.2, 0.25) is 5.91 Å². The lowest BCUT2D eigenvalue weighted by Crippen LogP contribution is -2.46. The molecule has 6 heteroatoms. The molecule has 5 nitrogen and oxygen atoms in total. The summed E-state index contributed by atoms with van der Waals surface area (Å²) in [6, 6.07) is 3.76. The van der Waals surface area contributed by atoms with Crippen molar-refractivity contribution in [2.45, 2.75) is 18.9 Å². The van der Waals surface area contributed by atoms with Gasteiger partial charge in [0.05, 0.1) is 17.5 Å². The topological polar surface area (TPSA) is 69.0 Å². The summed E-state index contributed by atoms with van der Waals surface area (Å²) >= 11 is 6.24. The molecule has 0 aliphatic carbocycles. The summed E-state index contributed by atoms with van der Waals surface area (Å²) in [5, 5.41) is 12.3. The Hall–Kier alpha value is -1.80. The lowest BCUT2D eigenvalue weighted by Gasteiger charge is -2.37. The van der Waals surface area contributed by atoms with Gasteiger partial charge in [-0.3, -0.25) is 4.79 Å². The van der Waals surface area contributed by atoms with Crippen molar-refractivity contribution in [3.05, 3.63) is 22.8 Å². The van der Waals surface area contributed by atoms with Crippen molar-refractivity contribution >= 4 is 23.3 Å². The first-order valence-corrected chi connectivity index (χ1v) is 6.69. The maximum absolute atomic E-state index is 11.7. The average molecular weight is 277 g/mol. The molecule has 0 radical (unpaired) electrons. The molecular weight excluding hydrogens is 264 g/mol. The first-order valence-electron chi connectivity index (χ1n) is 6.31. The lowest BCUT2D eigenvalue weighted by atomic mass is 9.91. The van der Waals surface area contributed by atoms with Gasteiger partial charge in [-0.05, 0) is 18.9 Å². The third kappa shape index (κ3) is 1.92. The zero-order valence-corrected chi connectivity index (χ0v) is 11.0. The van der Waals surface area contributed by atoms with E-state index in [4.69, 9.17) is 16.9 Å². The smallest absolute Gasteiger partial charge is 0.225 e. The van der Waals surface area contributed by atoms with Gasteiger partial charge in [0.1, 0.15) is 16.9 Å². The SMILES string of the molecule is N#Cc1ccnc(N2CCCC3C(=O)NCC32)c1Cl. The number of rotatable bonds is 1. The molecule has 1 aromatic heterocycles. The van der Waals surface area contributed by atoms with E-state index in [9.17, 15) is 4.79 Å². The second-order valence-electron chi connectivity index (χ2n) is 4.86. The van der Waals surface area contributed by atoms with E-state index in [2.05, 4.69) is 21.3 Å². The molecule has 0 aromatic carbocycles. The van der Waals surface area contributed by atoms with Crippen LogP contribution in [0.4, 0.5) is 5.82 Å². The van der Waals surface area contributed by atoms with Crippen LogP contribution in [0.25, 0.3) is 0 Å². The Balaban J connectivity index is 1.98. The van der Waals surface area contributed by atoms with E-state index < -0.39 is 0 Å². The number of nitrogens with one attached hydrogen (secondary N) is 1. The second-order valence-corrected chi connectivity index (χ2v) is 5.24. The summed E-state index contributed by atoms with van der Waals surface area (Å²) in [4.78, 5) is 18.1. The number of hydrogen-bond donors (Lipinski definition) is 1. The van der Waals surface area contributed by atoms with Crippen LogP contribution >= 0.6 is 11.6 Å². The predicted molar refractivity (Wildman–Crippen MR) is 70.8 cm³/mol. The minimum absolute atomic E-state index is 0.0114. The third-order valence-corrected chi connectivity index (χ3v) is 4.24. The van der Waals surface area contributed by atoms with Crippen LogP contribution in [0.15, 0.2) is 12.3 Å². The molecule has 0 bridgehead atoms. The molecule has 3 heterocycles. The van der Waals surface area contributed by atoms with E-state index >= 15 is 0 Å². The molecule has 2 atom stereocenters. The predicted octanol–water partition coefficient (Wildman–Crippen LogP) is 1.32. The maximum Gasteiger partial charge on any atom is 0.225 e. The van der Waals surface area contributed by atoms with E-state index in [1.807, 2.05) is 0 Å². The molecule has 3 rings (SSSR count). The molecular formula is C13H13ClN4O. The Morgan fingerprint density at radius 2 is 2.42 bits per heavy atom. The number of halogens is 1. The Morgan fingerprint density at radius 1 is 1.58 bits per heavy atom. The van der Waals surface area contributed by atoms with E-state index in [1.54, 1.807) is 12.3 Å². The summed E-state index contributed by atoms with van der Waals surface area (Å²) in [5.41, 5.74) is 0.422. The zero-order valence-electron chi connectivity index (χ0n) is 10.3. The summed E-state index contributed by atoms with van der Waals surface area (Å²) in [6.07, 6.45) is 3.43. The Morgan fingerprint density at radius 3 is 3.21 bits per heavy atom. The number of nitriles is 1. The molecule has 2 unspecified atom stereocenters. The van der Waals surface area contributed by atoms with Crippen molar-refractivity contribution in [3.63, 3.8) is 0 Å². The molecule has 98 valence electrons. The highest BCUT2D eigenvalue weighted by atomic mass is 35.5. The molecule has 19 heavy (non-hydrogen) atoms. The third-order valence-electron chi connectivity index (χ3n) is 3.86. The second kappa shape index (κ2) is 4.71. The van der Waals surface area contributed by atoms with Crippen LogP contribution in [-0.2, 0) is 4.79 Å². The van der Waals surface area contributed by atoms with Crippen LogP contribution in [0.5, 0.6) is 0 Å². The van der Waals surface area contributed by atoms with Gasteiger partial charge < -0.3 is 10.2 Å². The van der Waals surface area contributed by atoms with Gasteiger partial charge in [-0.1, -0.05) is 11.6 Å². The van der Waals surface area contributed by atoms with Crippen molar-refractivity contribution < 1.29 is 4.79 Å². The molecule has 2 saturated heterocycles. The van der Waals surface area contributed by atoms with Gasteiger partial charge in [-0.25, -0.2) is 4.98 Å². The van der Waals surface area contributed by atoms with E-state index in [1.165, 1.54) is 0 Å². The average Bonchev–Trinajstić information content (AvgIpc) is 2.81. The summed E-state index contributed by atoms with van der Waals surface area (Å²) < 4.78 is 0. The summed E-state index contributed by atoms with van der Waals surface area (Å²) in [5.74, 6) is 0.742. The van der Waals surface area contributed by atoms with Gasteiger partial charge in [0.25, 0.3) is 0 Å². The van der Waals surface area contributed by atoms with Crippen LogP contribution < -0.4 is 10.2 Å². The normalized spacial score (nSPS) is 25.7. The first kappa shape index (κ1) is 12.2.